The van der Waals surface area contributed by atoms with Gasteiger partial charge in [0.25, 0.3) is 5.69 Å². The van der Waals surface area contributed by atoms with Crippen molar-refractivity contribution in [1.29, 1.82) is 0 Å². The maximum Gasteiger partial charge on any atom is 0.269 e. The van der Waals surface area contributed by atoms with E-state index in [1.165, 1.54) is 18.2 Å². The maximum absolute atomic E-state index is 11.7. The molecule has 23 heavy (non-hydrogen) atoms. The molecule has 0 atom stereocenters. The number of nitrogens with one attached hydrogen (secondary N) is 1. The Kier molecular flexibility index (Phi) is 6.71. The van der Waals surface area contributed by atoms with Gasteiger partial charge in [0.05, 0.1) is 18.1 Å². The molecule has 1 N–H and O–H groups in total. The number of hydrogen-bond donors (Lipinski definition) is 1. The summed E-state index contributed by atoms with van der Waals surface area (Å²) < 4.78 is 5.28. The molecule has 1 aromatic carbocycles. The molecule has 7 heteroatoms. The highest BCUT2D eigenvalue weighted by molar-refractivity contribution is 5.91. The van der Waals surface area contributed by atoms with E-state index in [2.05, 4.69) is 10.2 Å². The summed E-state index contributed by atoms with van der Waals surface area (Å²) >= 11 is 0. The van der Waals surface area contributed by atoms with Gasteiger partial charge >= 0.3 is 0 Å². The summed E-state index contributed by atoms with van der Waals surface area (Å²) in [6.07, 6.45) is 3.98. The molecule has 0 radical (unpaired) electrons. The molecular weight excluding hydrogens is 298 g/mol. The van der Waals surface area contributed by atoms with Gasteiger partial charge in [-0.1, -0.05) is 0 Å². The Morgan fingerprint density at radius 2 is 2.00 bits per heavy atom. The van der Waals surface area contributed by atoms with Crippen molar-refractivity contribution in [1.82, 2.24) is 10.2 Å². The molecule has 0 saturated carbocycles. The van der Waals surface area contributed by atoms with E-state index in [0.717, 1.165) is 44.8 Å². The molecule has 0 unspecified atom stereocenters. The summed E-state index contributed by atoms with van der Waals surface area (Å²) in [6, 6.07) is 6.06. The van der Waals surface area contributed by atoms with Crippen LogP contribution in [-0.4, -0.2) is 55.1 Å². The van der Waals surface area contributed by atoms with Gasteiger partial charge in [-0.3, -0.25) is 19.8 Å². The van der Waals surface area contributed by atoms with Crippen molar-refractivity contribution in [3.8, 4) is 0 Å². The Morgan fingerprint density at radius 3 is 2.65 bits per heavy atom. The Labute approximate surface area is 135 Å². The normalized spacial score (nSPS) is 15.7. The summed E-state index contributed by atoms with van der Waals surface area (Å²) in [5.41, 5.74) is 0.786. The molecule has 2 rings (SSSR count). The second kappa shape index (κ2) is 9.02. The Hall–Kier alpha value is -2.25. The van der Waals surface area contributed by atoms with E-state index in [4.69, 9.17) is 4.74 Å². The zero-order valence-electron chi connectivity index (χ0n) is 12.9. The lowest BCUT2D eigenvalue weighted by Gasteiger charge is -2.26. The molecule has 0 bridgehead atoms. The van der Waals surface area contributed by atoms with Crippen LogP contribution in [0.5, 0.6) is 0 Å². The van der Waals surface area contributed by atoms with Gasteiger partial charge in [0.2, 0.25) is 5.91 Å². The minimum absolute atomic E-state index is 0.0368. The quantitative estimate of drug-likeness (QED) is 0.356. The average molecular weight is 319 g/mol. The first kappa shape index (κ1) is 17.1. The number of amides is 1. The van der Waals surface area contributed by atoms with E-state index in [1.807, 2.05) is 0 Å². The van der Waals surface area contributed by atoms with Crippen LogP contribution in [0.25, 0.3) is 6.08 Å². The molecule has 1 aliphatic heterocycles. The summed E-state index contributed by atoms with van der Waals surface area (Å²) in [4.78, 5) is 24.1. The highest BCUT2D eigenvalue weighted by Crippen LogP contribution is 2.12. The van der Waals surface area contributed by atoms with Crippen LogP contribution in [0.1, 0.15) is 12.0 Å². The van der Waals surface area contributed by atoms with E-state index in [0.29, 0.717) is 6.54 Å². The van der Waals surface area contributed by atoms with Gasteiger partial charge in [0, 0.05) is 37.8 Å². The van der Waals surface area contributed by atoms with Crippen LogP contribution in [0.15, 0.2) is 30.3 Å². The highest BCUT2D eigenvalue weighted by atomic mass is 16.6. The number of carbonyl (C=O) groups excluding carboxylic acids is 1. The smallest absolute Gasteiger partial charge is 0.269 e. The van der Waals surface area contributed by atoms with Crippen LogP contribution in [0.4, 0.5) is 5.69 Å². The van der Waals surface area contributed by atoms with Crippen molar-refractivity contribution in [3.05, 3.63) is 46.0 Å². The van der Waals surface area contributed by atoms with Gasteiger partial charge in [0.15, 0.2) is 0 Å². The number of carbonyl (C=O) groups is 1. The molecule has 0 aliphatic carbocycles. The van der Waals surface area contributed by atoms with Crippen molar-refractivity contribution in [2.45, 2.75) is 6.42 Å². The molecule has 1 amide bonds. The first-order chi connectivity index (χ1) is 11.1. The van der Waals surface area contributed by atoms with Gasteiger partial charge in [-0.15, -0.1) is 0 Å². The predicted molar refractivity (Wildman–Crippen MR) is 87.0 cm³/mol. The van der Waals surface area contributed by atoms with E-state index in [9.17, 15) is 14.9 Å². The monoisotopic (exact) mass is 319 g/mol. The maximum atomic E-state index is 11.7. The first-order valence-electron chi connectivity index (χ1n) is 7.65. The third kappa shape index (κ3) is 6.17. The van der Waals surface area contributed by atoms with Crippen molar-refractivity contribution in [3.63, 3.8) is 0 Å². The van der Waals surface area contributed by atoms with Crippen LogP contribution in [0.3, 0.4) is 0 Å². The molecule has 1 saturated heterocycles. The lowest BCUT2D eigenvalue weighted by molar-refractivity contribution is -0.384. The molecule has 1 aliphatic rings. The van der Waals surface area contributed by atoms with Gasteiger partial charge in [-0.2, -0.15) is 0 Å². The fourth-order valence-corrected chi connectivity index (χ4v) is 2.28. The van der Waals surface area contributed by atoms with Crippen LogP contribution in [-0.2, 0) is 9.53 Å². The molecule has 0 spiro atoms. The van der Waals surface area contributed by atoms with E-state index in [-0.39, 0.29) is 11.6 Å². The van der Waals surface area contributed by atoms with Gasteiger partial charge in [0.1, 0.15) is 0 Å². The number of rotatable bonds is 7. The molecule has 1 heterocycles. The minimum Gasteiger partial charge on any atom is -0.379 e. The summed E-state index contributed by atoms with van der Waals surface area (Å²) in [7, 11) is 0. The molecule has 1 fully saturated rings. The standard InChI is InChI=1S/C16H21N3O4/c20-16(17-8-1-9-18-10-12-23-13-11-18)7-4-14-2-5-15(6-3-14)19(21)22/h2-7H,1,8-13H2,(H,17,20). The van der Waals surface area contributed by atoms with Crippen molar-refractivity contribution < 1.29 is 14.5 Å². The van der Waals surface area contributed by atoms with Crippen LogP contribution >= 0.6 is 0 Å². The zero-order valence-corrected chi connectivity index (χ0v) is 12.9. The van der Waals surface area contributed by atoms with E-state index < -0.39 is 4.92 Å². The van der Waals surface area contributed by atoms with E-state index >= 15 is 0 Å². The number of morpholine rings is 1. The number of nitro groups is 1. The van der Waals surface area contributed by atoms with Crippen LogP contribution in [0, 0.1) is 10.1 Å². The zero-order chi connectivity index (χ0) is 16.5. The third-order valence-electron chi connectivity index (χ3n) is 3.59. The predicted octanol–water partition coefficient (Wildman–Crippen LogP) is 1.45. The summed E-state index contributed by atoms with van der Waals surface area (Å²) in [6.45, 7) is 5.05. The third-order valence-corrected chi connectivity index (χ3v) is 3.59. The Bertz CT molecular complexity index is 551. The number of ether oxygens (including phenoxy) is 1. The highest BCUT2D eigenvalue weighted by Gasteiger charge is 2.09. The molecule has 7 nitrogen and oxygen atoms in total. The second-order valence-corrected chi connectivity index (χ2v) is 5.28. The Morgan fingerprint density at radius 1 is 1.30 bits per heavy atom. The van der Waals surface area contributed by atoms with Crippen molar-refractivity contribution in [2.24, 2.45) is 0 Å². The fourth-order valence-electron chi connectivity index (χ4n) is 2.28. The van der Waals surface area contributed by atoms with E-state index in [1.54, 1.807) is 18.2 Å². The number of nitrogens with zero attached hydrogens (tertiary/aromatic N) is 2. The number of benzene rings is 1. The first-order valence-corrected chi connectivity index (χ1v) is 7.65. The Balaban J connectivity index is 1.66. The topological polar surface area (TPSA) is 84.7 Å². The summed E-state index contributed by atoms with van der Waals surface area (Å²) in [5.74, 6) is -0.162. The lowest BCUT2D eigenvalue weighted by atomic mass is 10.2. The average Bonchev–Trinajstić information content (AvgIpc) is 2.58. The van der Waals surface area contributed by atoms with Gasteiger partial charge in [-0.25, -0.2) is 0 Å². The minimum atomic E-state index is -0.450. The number of hydrogen-bond acceptors (Lipinski definition) is 5. The number of nitro benzene ring substituents is 1. The largest absolute Gasteiger partial charge is 0.379 e. The molecular formula is C16H21N3O4. The van der Waals surface area contributed by atoms with Crippen molar-refractivity contribution >= 4 is 17.7 Å². The second-order valence-electron chi connectivity index (χ2n) is 5.28. The van der Waals surface area contributed by atoms with Crippen molar-refractivity contribution in [2.75, 3.05) is 39.4 Å². The number of non-ortho nitro benzene ring substituents is 1. The molecule has 0 aromatic heterocycles. The SMILES string of the molecule is O=C(C=Cc1ccc([N+](=O)[O-])cc1)NCCCN1CCOCC1. The fraction of sp³-hybridized carbons (Fsp3) is 0.438. The van der Waals surface area contributed by atoms with Gasteiger partial charge in [-0.05, 0) is 36.7 Å². The van der Waals surface area contributed by atoms with Crippen LogP contribution < -0.4 is 5.32 Å². The van der Waals surface area contributed by atoms with Gasteiger partial charge < -0.3 is 10.1 Å². The molecule has 124 valence electrons. The summed E-state index contributed by atoms with van der Waals surface area (Å²) in [5, 5.41) is 13.4. The lowest BCUT2D eigenvalue weighted by Crippen LogP contribution is -2.38. The molecule has 1 aromatic rings. The van der Waals surface area contributed by atoms with Crippen LogP contribution in [0.2, 0.25) is 0 Å².